The third-order valence-corrected chi connectivity index (χ3v) is 4.66. The summed E-state index contributed by atoms with van der Waals surface area (Å²) in [5, 5.41) is 7.14. The van der Waals surface area contributed by atoms with Crippen LogP contribution in [-0.4, -0.2) is 28.1 Å². The zero-order valence-corrected chi connectivity index (χ0v) is 16.4. The van der Waals surface area contributed by atoms with Crippen LogP contribution in [0.25, 0.3) is 11.4 Å². The summed E-state index contributed by atoms with van der Waals surface area (Å²) in [6.07, 6.45) is 2.27. The van der Waals surface area contributed by atoms with E-state index in [2.05, 4.69) is 36.2 Å². The summed E-state index contributed by atoms with van der Waals surface area (Å²) in [7, 11) is 0. The fourth-order valence-electron chi connectivity index (χ4n) is 2.78. The molecule has 26 heavy (non-hydrogen) atoms. The van der Waals surface area contributed by atoms with Crippen molar-refractivity contribution in [2.45, 2.75) is 59.4 Å². The largest absolute Gasteiger partial charge is 0.345 e. The molecule has 1 aromatic heterocycles. The number of hydrogen-bond donors (Lipinski definition) is 2. The number of amides is 1. The molecule has 0 radical (unpaired) electrons. The molecule has 142 valence electrons. The summed E-state index contributed by atoms with van der Waals surface area (Å²) < 4.78 is 5.35. The first-order valence-corrected chi connectivity index (χ1v) is 9.17. The topological polar surface area (TPSA) is 94.0 Å². The molecule has 2 rings (SSSR count). The van der Waals surface area contributed by atoms with Gasteiger partial charge < -0.3 is 15.6 Å². The van der Waals surface area contributed by atoms with Gasteiger partial charge in [0.15, 0.2) is 0 Å². The molecule has 2 aromatic rings. The maximum absolute atomic E-state index is 12.7. The number of carbonyl (C=O) groups excluding carboxylic acids is 1. The van der Waals surface area contributed by atoms with Gasteiger partial charge in [-0.15, -0.1) is 0 Å². The van der Waals surface area contributed by atoms with E-state index in [1.807, 2.05) is 26.0 Å². The fraction of sp³-hybridized carbons (Fsp3) is 0.550. The third-order valence-electron chi connectivity index (χ3n) is 4.66. The van der Waals surface area contributed by atoms with E-state index in [9.17, 15) is 4.79 Å². The predicted molar refractivity (Wildman–Crippen MR) is 103 cm³/mol. The summed E-state index contributed by atoms with van der Waals surface area (Å²) in [5.41, 5.74) is 6.89. The van der Waals surface area contributed by atoms with Crippen LogP contribution in [0.1, 0.15) is 63.7 Å². The zero-order chi connectivity index (χ0) is 19.4. The normalized spacial score (nSPS) is 12.2. The average Bonchev–Trinajstić information content (AvgIpc) is 3.06. The minimum atomic E-state index is -0.376. The molecule has 1 aromatic carbocycles. The molecule has 0 unspecified atom stereocenters. The second-order valence-electron chi connectivity index (χ2n) is 7.98. The van der Waals surface area contributed by atoms with Crippen molar-refractivity contribution in [1.82, 2.24) is 15.5 Å². The Labute approximate surface area is 155 Å². The summed E-state index contributed by atoms with van der Waals surface area (Å²) in [6.45, 7) is 10.8. The lowest BCUT2D eigenvalue weighted by molar-refractivity contribution is 0.0895. The summed E-state index contributed by atoms with van der Waals surface area (Å²) in [4.78, 5) is 17.1. The number of nitrogens with zero attached hydrogens (tertiary/aromatic N) is 2. The number of nitrogens with one attached hydrogen (secondary N) is 1. The molecule has 0 saturated heterocycles. The van der Waals surface area contributed by atoms with Gasteiger partial charge in [0.2, 0.25) is 11.7 Å². The van der Waals surface area contributed by atoms with Crippen molar-refractivity contribution in [2.24, 2.45) is 11.1 Å². The minimum absolute atomic E-state index is 0.0669. The van der Waals surface area contributed by atoms with Gasteiger partial charge in [0.05, 0.1) is 5.54 Å². The molecule has 0 aliphatic rings. The van der Waals surface area contributed by atoms with Crippen molar-refractivity contribution >= 4 is 5.91 Å². The predicted octanol–water partition coefficient (Wildman–Crippen LogP) is 3.57. The van der Waals surface area contributed by atoms with Gasteiger partial charge >= 0.3 is 0 Å². The fourth-order valence-corrected chi connectivity index (χ4v) is 2.78. The molecule has 1 heterocycles. The highest BCUT2D eigenvalue weighted by Crippen LogP contribution is 2.23. The van der Waals surface area contributed by atoms with E-state index in [0.29, 0.717) is 30.2 Å². The van der Waals surface area contributed by atoms with Crippen molar-refractivity contribution in [3.05, 3.63) is 35.7 Å². The molecule has 0 atom stereocenters. The molecular formula is C20H30N4O2. The molecule has 0 spiro atoms. The van der Waals surface area contributed by atoms with E-state index in [0.717, 1.165) is 18.4 Å². The minimum Gasteiger partial charge on any atom is -0.345 e. The van der Waals surface area contributed by atoms with Crippen molar-refractivity contribution in [2.75, 3.05) is 6.54 Å². The molecule has 0 fully saturated rings. The van der Waals surface area contributed by atoms with Gasteiger partial charge in [-0.2, -0.15) is 4.98 Å². The molecule has 0 aliphatic carbocycles. The van der Waals surface area contributed by atoms with E-state index in [-0.39, 0.29) is 16.9 Å². The van der Waals surface area contributed by atoms with Gasteiger partial charge in [-0.25, -0.2) is 0 Å². The van der Waals surface area contributed by atoms with E-state index in [4.69, 9.17) is 10.3 Å². The highest BCUT2D eigenvalue weighted by atomic mass is 16.5. The van der Waals surface area contributed by atoms with Crippen molar-refractivity contribution < 1.29 is 9.32 Å². The quantitative estimate of drug-likeness (QED) is 0.789. The van der Waals surface area contributed by atoms with Crippen LogP contribution >= 0.6 is 0 Å². The summed E-state index contributed by atoms with van der Waals surface area (Å²) in [6, 6.07) is 7.26. The Hall–Kier alpha value is -2.21. The smallest absolute Gasteiger partial charge is 0.251 e. The molecule has 0 aliphatic heterocycles. The van der Waals surface area contributed by atoms with Gasteiger partial charge in [-0.1, -0.05) is 51.9 Å². The van der Waals surface area contributed by atoms with Crippen LogP contribution in [0.3, 0.4) is 0 Å². The van der Waals surface area contributed by atoms with Gasteiger partial charge in [0.25, 0.3) is 5.91 Å². The molecule has 6 heteroatoms. The number of hydrogen-bond acceptors (Lipinski definition) is 5. The molecule has 0 saturated carbocycles. The van der Waals surface area contributed by atoms with Gasteiger partial charge in [0, 0.05) is 24.1 Å². The lowest BCUT2D eigenvalue weighted by atomic mass is 9.92. The Morgan fingerprint density at radius 1 is 1.23 bits per heavy atom. The maximum atomic E-state index is 12.7. The summed E-state index contributed by atoms with van der Waals surface area (Å²) in [5.74, 6) is 0.954. The Bertz CT molecular complexity index is 734. The first-order valence-electron chi connectivity index (χ1n) is 9.17. The van der Waals surface area contributed by atoms with E-state index in [1.54, 1.807) is 12.1 Å². The lowest BCUT2D eigenvalue weighted by Gasteiger charge is -2.31. The van der Waals surface area contributed by atoms with Crippen LogP contribution in [-0.2, 0) is 6.42 Å². The zero-order valence-electron chi connectivity index (χ0n) is 16.4. The van der Waals surface area contributed by atoms with Crippen molar-refractivity contribution in [3.63, 3.8) is 0 Å². The second kappa shape index (κ2) is 7.99. The molecular weight excluding hydrogens is 328 g/mol. The van der Waals surface area contributed by atoms with Crippen molar-refractivity contribution in [3.8, 4) is 11.4 Å². The van der Waals surface area contributed by atoms with Crippen LogP contribution in [0.4, 0.5) is 0 Å². The SMILES string of the molecule is CCC(CC)(CN)NC(=O)c1cccc(-c2noc(CC(C)(C)C)n2)c1. The van der Waals surface area contributed by atoms with Gasteiger partial charge in [0.1, 0.15) is 0 Å². The van der Waals surface area contributed by atoms with Gasteiger partial charge in [-0.3, -0.25) is 4.79 Å². The molecule has 3 N–H and O–H groups in total. The maximum Gasteiger partial charge on any atom is 0.251 e. The molecule has 1 amide bonds. The number of nitrogens with two attached hydrogens (primary N) is 1. The van der Waals surface area contributed by atoms with E-state index in [1.165, 1.54) is 0 Å². The monoisotopic (exact) mass is 358 g/mol. The number of benzene rings is 1. The first kappa shape index (κ1) is 20.1. The third kappa shape index (κ3) is 4.91. The Morgan fingerprint density at radius 2 is 1.92 bits per heavy atom. The average molecular weight is 358 g/mol. The Morgan fingerprint density at radius 3 is 2.50 bits per heavy atom. The van der Waals surface area contributed by atoms with Crippen LogP contribution in [0.15, 0.2) is 28.8 Å². The first-order chi connectivity index (χ1) is 12.2. The highest BCUT2D eigenvalue weighted by molar-refractivity contribution is 5.95. The number of rotatable bonds is 7. The van der Waals surface area contributed by atoms with Crippen LogP contribution in [0.5, 0.6) is 0 Å². The Balaban J connectivity index is 2.21. The standard InChI is InChI=1S/C20H30N4O2/c1-6-20(7-2,13-21)23-18(25)15-10-8-9-14(11-15)17-22-16(26-24-17)12-19(3,4)5/h8-11H,6-7,12-13,21H2,1-5H3,(H,23,25). The van der Waals surface area contributed by atoms with Crippen LogP contribution in [0.2, 0.25) is 0 Å². The van der Waals surface area contributed by atoms with Gasteiger partial charge in [-0.05, 0) is 30.4 Å². The second-order valence-corrected chi connectivity index (χ2v) is 7.98. The lowest BCUT2D eigenvalue weighted by Crippen LogP contribution is -2.52. The summed E-state index contributed by atoms with van der Waals surface area (Å²) >= 11 is 0. The van der Waals surface area contributed by atoms with E-state index >= 15 is 0 Å². The van der Waals surface area contributed by atoms with Crippen LogP contribution < -0.4 is 11.1 Å². The molecule has 6 nitrogen and oxygen atoms in total. The van der Waals surface area contributed by atoms with E-state index < -0.39 is 0 Å². The molecule has 0 bridgehead atoms. The van der Waals surface area contributed by atoms with Crippen LogP contribution in [0, 0.1) is 5.41 Å². The van der Waals surface area contributed by atoms with Crippen molar-refractivity contribution in [1.29, 1.82) is 0 Å². The highest BCUT2D eigenvalue weighted by Gasteiger charge is 2.27. The number of carbonyl (C=O) groups is 1. The Kier molecular flexibility index (Phi) is 6.18. The number of aromatic nitrogens is 2.